The minimum absolute atomic E-state index is 0.0818. The van der Waals surface area contributed by atoms with Crippen molar-refractivity contribution >= 4 is 46.8 Å². The second-order valence-corrected chi connectivity index (χ2v) is 11.7. The molecule has 0 bridgehead atoms. The summed E-state index contributed by atoms with van der Waals surface area (Å²) >= 11 is 14.3. The van der Waals surface area contributed by atoms with Crippen LogP contribution in [0.4, 0.5) is 4.39 Å². The molecule has 8 heteroatoms. The van der Waals surface area contributed by atoms with Gasteiger partial charge in [-0.1, -0.05) is 97.1 Å². The molecule has 1 saturated carbocycles. The molecule has 0 unspecified atom stereocenters. The number of halogens is 3. The van der Waals surface area contributed by atoms with E-state index in [9.17, 15) is 14.0 Å². The van der Waals surface area contributed by atoms with E-state index >= 15 is 0 Å². The van der Waals surface area contributed by atoms with E-state index in [1.165, 1.54) is 24.2 Å². The van der Waals surface area contributed by atoms with Gasteiger partial charge < -0.3 is 10.2 Å². The van der Waals surface area contributed by atoms with E-state index in [-0.39, 0.29) is 36.0 Å². The zero-order valence-electron chi connectivity index (χ0n) is 21.8. The Kier molecular flexibility index (Phi) is 11.1. The Bertz CT molecular complexity index is 1230. The molecule has 4 nitrogen and oxygen atoms in total. The first-order valence-electron chi connectivity index (χ1n) is 13.3. The molecule has 4 rings (SSSR count). The summed E-state index contributed by atoms with van der Waals surface area (Å²) in [5.41, 5.74) is 2.08. The van der Waals surface area contributed by atoms with Gasteiger partial charge in [0.05, 0.1) is 5.75 Å². The Morgan fingerprint density at radius 3 is 2.28 bits per heavy atom. The smallest absolute Gasteiger partial charge is 0.243 e. The van der Waals surface area contributed by atoms with Crippen LogP contribution in [0.1, 0.15) is 48.8 Å². The molecular weight excluding hydrogens is 554 g/mol. The lowest BCUT2D eigenvalue weighted by Crippen LogP contribution is -2.53. The molecule has 1 fully saturated rings. The van der Waals surface area contributed by atoms with Crippen LogP contribution in [0.5, 0.6) is 0 Å². The average Bonchev–Trinajstić information content (AvgIpc) is 2.94. The summed E-state index contributed by atoms with van der Waals surface area (Å²) < 4.78 is 14.2. The lowest BCUT2D eigenvalue weighted by Gasteiger charge is -2.34. The van der Waals surface area contributed by atoms with E-state index in [1.807, 2.05) is 30.3 Å². The van der Waals surface area contributed by atoms with E-state index in [0.717, 1.165) is 31.2 Å². The Hall–Kier alpha value is -2.54. The summed E-state index contributed by atoms with van der Waals surface area (Å²) in [5, 5.41) is 4.10. The molecule has 1 aliphatic rings. The highest BCUT2D eigenvalue weighted by atomic mass is 35.5. The van der Waals surface area contributed by atoms with Gasteiger partial charge in [-0.3, -0.25) is 9.59 Å². The van der Waals surface area contributed by atoms with Crippen LogP contribution in [-0.4, -0.2) is 34.6 Å². The quantitative estimate of drug-likeness (QED) is 0.254. The molecular formula is C31H33Cl2FN2O2S. The summed E-state index contributed by atoms with van der Waals surface area (Å²) in [6, 6.07) is 20.8. The molecule has 39 heavy (non-hydrogen) atoms. The van der Waals surface area contributed by atoms with Gasteiger partial charge in [0.1, 0.15) is 11.9 Å². The lowest BCUT2D eigenvalue weighted by molar-refractivity contribution is -0.139. The number of hydrogen-bond acceptors (Lipinski definition) is 3. The van der Waals surface area contributed by atoms with Crippen molar-refractivity contribution in [3.05, 3.63) is 105 Å². The number of thioether (sulfide) groups is 1. The zero-order valence-corrected chi connectivity index (χ0v) is 24.1. The summed E-state index contributed by atoms with van der Waals surface area (Å²) in [6.07, 6.45) is 5.57. The molecule has 0 radical (unpaired) electrons. The van der Waals surface area contributed by atoms with Gasteiger partial charge in [0.2, 0.25) is 11.8 Å². The third kappa shape index (κ3) is 8.47. The second-order valence-electron chi connectivity index (χ2n) is 9.86. The molecule has 1 atom stereocenters. The maximum absolute atomic E-state index is 14.2. The maximum Gasteiger partial charge on any atom is 0.243 e. The fraction of sp³-hybridized carbons (Fsp3) is 0.355. The summed E-state index contributed by atoms with van der Waals surface area (Å²) in [6.45, 7) is 0.0905. The third-order valence-corrected chi connectivity index (χ3v) is 8.73. The van der Waals surface area contributed by atoms with Gasteiger partial charge in [0.15, 0.2) is 0 Å². The highest BCUT2D eigenvalue weighted by Crippen LogP contribution is 2.28. The molecule has 0 saturated heterocycles. The Morgan fingerprint density at radius 1 is 0.923 bits per heavy atom. The van der Waals surface area contributed by atoms with Crippen LogP contribution < -0.4 is 5.32 Å². The van der Waals surface area contributed by atoms with Crippen molar-refractivity contribution in [2.45, 2.75) is 62.9 Å². The minimum atomic E-state index is -0.761. The van der Waals surface area contributed by atoms with Crippen molar-refractivity contribution in [3.63, 3.8) is 0 Å². The van der Waals surface area contributed by atoms with Crippen LogP contribution in [0.15, 0.2) is 72.8 Å². The van der Waals surface area contributed by atoms with Gasteiger partial charge in [-0.05, 0) is 42.2 Å². The van der Waals surface area contributed by atoms with Crippen molar-refractivity contribution in [2.24, 2.45) is 0 Å². The molecule has 2 amide bonds. The van der Waals surface area contributed by atoms with Crippen molar-refractivity contribution in [3.8, 4) is 0 Å². The number of carbonyl (C=O) groups is 2. The van der Waals surface area contributed by atoms with Gasteiger partial charge in [-0.15, -0.1) is 11.8 Å². The van der Waals surface area contributed by atoms with Crippen LogP contribution >= 0.6 is 35.0 Å². The van der Waals surface area contributed by atoms with Crippen LogP contribution in [0, 0.1) is 5.82 Å². The van der Waals surface area contributed by atoms with E-state index < -0.39 is 6.04 Å². The maximum atomic E-state index is 14.2. The molecule has 206 valence electrons. The number of rotatable bonds is 11. The summed E-state index contributed by atoms with van der Waals surface area (Å²) in [7, 11) is 0. The predicted molar refractivity (Wildman–Crippen MR) is 159 cm³/mol. The van der Waals surface area contributed by atoms with E-state index in [1.54, 1.807) is 41.3 Å². The van der Waals surface area contributed by atoms with Crippen molar-refractivity contribution in [1.82, 2.24) is 10.2 Å². The number of nitrogens with one attached hydrogen (secondary N) is 1. The van der Waals surface area contributed by atoms with Crippen LogP contribution in [-0.2, 0) is 28.3 Å². The summed E-state index contributed by atoms with van der Waals surface area (Å²) in [5.74, 6) is -0.283. The predicted octanol–water partition coefficient (Wildman–Crippen LogP) is 7.45. The molecule has 3 aromatic carbocycles. The molecule has 0 heterocycles. The van der Waals surface area contributed by atoms with Gasteiger partial charge in [-0.2, -0.15) is 0 Å². The largest absolute Gasteiger partial charge is 0.352 e. The fourth-order valence-corrected chi connectivity index (χ4v) is 6.31. The number of amides is 2. The zero-order chi connectivity index (χ0) is 27.6. The Balaban J connectivity index is 1.61. The standard InChI is InChI=1S/C31H33Cl2FN2O2S/c32-26-15-9-16-27(33)25(26)19-36(30(37)21-39-20-23-12-7-8-17-28(23)34)29(18-22-10-3-1-4-11-22)31(38)35-24-13-5-2-6-14-24/h1,3-4,7-12,15-17,24,29H,2,5-6,13-14,18-21H2,(H,35,38)/t29-/m0/s1. The Labute approximate surface area is 244 Å². The number of nitrogens with zero attached hydrogens (tertiary/aromatic N) is 1. The summed E-state index contributed by atoms with van der Waals surface area (Å²) in [4.78, 5) is 29.2. The molecule has 1 N–H and O–H groups in total. The average molecular weight is 588 g/mol. The topological polar surface area (TPSA) is 49.4 Å². The van der Waals surface area contributed by atoms with Gasteiger partial charge in [0, 0.05) is 40.4 Å². The third-order valence-electron chi connectivity index (χ3n) is 7.05. The van der Waals surface area contributed by atoms with E-state index in [2.05, 4.69) is 5.32 Å². The molecule has 0 aromatic heterocycles. The van der Waals surface area contributed by atoms with Crippen molar-refractivity contribution < 1.29 is 14.0 Å². The first kappa shape index (κ1) is 29.4. The highest BCUT2D eigenvalue weighted by Gasteiger charge is 2.32. The normalized spacial score (nSPS) is 14.5. The van der Waals surface area contributed by atoms with Crippen LogP contribution in [0.2, 0.25) is 10.0 Å². The van der Waals surface area contributed by atoms with Crippen LogP contribution in [0.25, 0.3) is 0 Å². The van der Waals surface area contributed by atoms with E-state index in [0.29, 0.717) is 33.3 Å². The van der Waals surface area contributed by atoms with Gasteiger partial charge in [-0.25, -0.2) is 4.39 Å². The molecule has 3 aromatic rings. The highest BCUT2D eigenvalue weighted by molar-refractivity contribution is 7.99. The number of hydrogen-bond donors (Lipinski definition) is 1. The number of benzene rings is 3. The number of carbonyl (C=O) groups excluding carboxylic acids is 2. The molecule has 0 aliphatic heterocycles. The second kappa shape index (κ2) is 14.7. The lowest BCUT2D eigenvalue weighted by atomic mass is 9.94. The van der Waals surface area contributed by atoms with Crippen molar-refractivity contribution in [1.29, 1.82) is 0 Å². The van der Waals surface area contributed by atoms with Crippen molar-refractivity contribution in [2.75, 3.05) is 5.75 Å². The van der Waals surface area contributed by atoms with Gasteiger partial charge in [0.25, 0.3) is 0 Å². The fourth-order valence-electron chi connectivity index (χ4n) is 4.90. The van der Waals surface area contributed by atoms with Gasteiger partial charge >= 0.3 is 0 Å². The van der Waals surface area contributed by atoms with Crippen LogP contribution in [0.3, 0.4) is 0 Å². The van der Waals surface area contributed by atoms with E-state index in [4.69, 9.17) is 23.2 Å². The minimum Gasteiger partial charge on any atom is -0.352 e. The first-order chi connectivity index (χ1) is 18.9. The Morgan fingerprint density at radius 2 is 1.59 bits per heavy atom. The molecule has 0 spiro atoms. The first-order valence-corrected chi connectivity index (χ1v) is 15.2. The SMILES string of the molecule is O=C(NC1CCCCC1)[C@H](Cc1ccccc1)N(Cc1c(Cl)cccc1Cl)C(=O)CSCc1ccccc1F. The monoisotopic (exact) mass is 586 g/mol. The molecule has 1 aliphatic carbocycles.